The van der Waals surface area contributed by atoms with E-state index in [9.17, 15) is 19.5 Å². The number of aliphatic carboxylic acids is 1. The molecule has 7 nitrogen and oxygen atoms in total. The number of carboxylic acids is 1. The van der Waals surface area contributed by atoms with Crippen molar-refractivity contribution in [3.63, 3.8) is 0 Å². The van der Waals surface area contributed by atoms with E-state index in [4.69, 9.17) is 4.74 Å². The molecule has 2 aromatic carbocycles. The Labute approximate surface area is 206 Å². The second-order valence-electron chi connectivity index (χ2n) is 10.8. The molecule has 186 valence electrons. The highest BCUT2D eigenvalue weighted by atomic mass is 16.5. The lowest BCUT2D eigenvalue weighted by molar-refractivity contribution is -0.155. The molecule has 0 bridgehead atoms. The van der Waals surface area contributed by atoms with E-state index < -0.39 is 29.6 Å². The van der Waals surface area contributed by atoms with Crippen molar-refractivity contribution in [1.82, 2.24) is 10.2 Å². The number of carbonyl (C=O) groups is 3. The summed E-state index contributed by atoms with van der Waals surface area (Å²) in [7, 11) is 0. The summed E-state index contributed by atoms with van der Waals surface area (Å²) in [5.74, 6) is -1.29. The summed E-state index contributed by atoms with van der Waals surface area (Å²) in [6, 6.07) is 14.4. The van der Waals surface area contributed by atoms with Crippen molar-refractivity contribution in [1.29, 1.82) is 0 Å². The number of benzene rings is 2. The van der Waals surface area contributed by atoms with Gasteiger partial charge in [0.15, 0.2) is 0 Å². The Morgan fingerprint density at radius 2 is 1.60 bits per heavy atom. The average molecular weight is 479 g/mol. The Hall–Kier alpha value is -3.35. The third-order valence-corrected chi connectivity index (χ3v) is 7.10. The van der Waals surface area contributed by atoms with Crippen LogP contribution >= 0.6 is 0 Å². The Balaban J connectivity index is 1.48. The van der Waals surface area contributed by atoms with Crippen LogP contribution in [-0.4, -0.2) is 53.2 Å². The van der Waals surface area contributed by atoms with Crippen LogP contribution in [0.2, 0.25) is 0 Å². The molecule has 0 aromatic heterocycles. The molecule has 2 aliphatic rings. The van der Waals surface area contributed by atoms with Gasteiger partial charge in [0.25, 0.3) is 0 Å². The molecule has 3 atom stereocenters. The predicted octanol–water partition coefficient (Wildman–Crippen LogP) is 4.65. The zero-order valence-corrected chi connectivity index (χ0v) is 20.8. The van der Waals surface area contributed by atoms with E-state index in [-0.39, 0.29) is 24.3 Å². The van der Waals surface area contributed by atoms with Gasteiger partial charge >= 0.3 is 12.1 Å². The average Bonchev–Trinajstić information content (AvgIpc) is 3.13. The normalized spacial score (nSPS) is 20.5. The van der Waals surface area contributed by atoms with Gasteiger partial charge in [0.1, 0.15) is 18.7 Å². The maximum atomic E-state index is 13.5. The lowest BCUT2D eigenvalue weighted by Gasteiger charge is -2.41. The Morgan fingerprint density at radius 1 is 1.03 bits per heavy atom. The zero-order chi connectivity index (χ0) is 25.3. The summed E-state index contributed by atoms with van der Waals surface area (Å²) in [6.45, 7) is 8.05. The largest absolute Gasteiger partial charge is 0.480 e. The van der Waals surface area contributed by atoms with Crippen molar-refractivity contribution < 1.29 is 24.2 Å². The monoisotopic (exact) mass is 478 g/mol. The minimum atomic E-state index is -1.01. The number of nitrogens with zero attached hydrogens (tertiary/aromatic N) is 1. The number of nitrogens with one attached hydrogen (secondary N) is 1. The molecular formula is C28H34N2O5. The molecule has 4 rings (SSSR count). The van der Waals surface area contributed by atoms with Crippen molar-refractivity contribution in [2.45, 2.75) is 58.5 Å². The SMILES string of the molecule is CC1CCC(C(=O)O)N(C(=O)C(NC(=O)OCC2c3ccccc3-c3ccccc32)C(C)(C)C)C1. The van der Waals surface area contributed by atoms with Gasteiger partial charge in [0.05, 0.1) is 0 Å². The van der Waals surface area contributed by atoms with Gasteiger partial charge in [-0.05, 0) is 46.4 Å². The summed E-state index contributed by atoms with van der Waals surface area (Å²) in [6.07, 6.45) is 0.474. The Morgan fingerprint density at radius 3 is 2.14 bits per heavy atom. The van der Waals surface area contributed by atoms with E-state index in [1.165, 1.54) is 4.90 Å². The summed E-state index contributed by atoms with van der Waals surface area (Å²) in [5, 5.41) is 12.4. The van der Waals surface area contributed by atoms with Crippen molar-refractivity contribution in [2.24, 2.45) is 11.3 Å². The van der Waals surface area contributed by atoms with Crippen LogP contribution < -0.4 is 5.32 Å². The van der Waals surface area contributed by atoms with Gasteiger partial charge < -0.3 is 20.1 Å². The smallest absolute Gasteiger partial charge is 0.407 e. The van der Waals surface area contributed by atoms with Crippen LogP contribution in [0.3, 0.4) is 0 Å². The summed E-state index contributed by atoms with van der Waals surface area (Å²) >= 11 is 0. The van der Waals surface area contributed by atoms with Gasteiger partial charge in [-0.15, -0.1) is 0 Å². The second kappa shape index (κ2) is 9.72. The molecule has 2 aromatic rings. The maximum Gasteiger partial charge on any atom is 0.407 e. The van der Waals surface area contributed by atoms with Crippen LogP contribution in [0.25, 0.3) is 11.1 Å². The number of rotatable bonds is 5. The number of amides is 2. The minimum Gasteiger partial charge on any atom is -0.480 e. The molecule has 2 amide bonds. The second-order valence-corrected chi connectivity index (χ2v) is 10.8. The minimum absolute atomic E-state index is 0.0868. The third kappa shape index (κ3) is 5.04. The van der Waals surface area contributed by atoms with Crippen molar-refractivity contribution in [3.8, 4) is 11.1 Å². The number of likely N-dealkylation sites (tertiary alicyclic amines) is 1. The topological polar surface area (TPSA) is 95.9 Å². The molecule has 1 fully saturated rings. The highest BCUT2D eigenvalue weighted by Crippen LogP contribution is 2.44. The van der Waals surface area contributed by atoms with E-state index in [0.717, 1.165) is 28.7 Å². The van der Waals surface area contributed by atoms with Gasteiger partial charge in [-0.1, -0.05) is 76.2 Å². The zero-order valence-electron chi connectivity index (χ0n) is 20.8. The summed E-state index contributed by atoms with van der Waals surface area (Å²) < 4.78 is 5.66. The molecule has 7 heteroatoms. The molecule has 1 heterocycles. The first-order valence-corrected chi connectivity index (χ1v) is 12.2. The van der Waals surface area contributed by atoms with Gasteiger partial charge in [-0.3, -0.25) is 4.79 Å². The standard InChI is InChI=1S/C28H34N2O5/c1-17-13-14-23(26(32)33)30(15-17)25(31)24(28(2,3)4)29-27(34)35-16-22-20-11-7-5-9-18(20)19-10-6-8-12-21(19)22/h5-12,17,22-24H,13-16H2,1-4H3,(H,29,34)(H,32,33). The van der Waals surface area contributed by atoms with Gasteiger partial charge in [0.2, 0.25) is 5.91 Å². The third-order valence-electron chi connectivity index (χ3n) is 7.10. The predicted molar refractivity (Wildman–Crippen MR) is 133 cm³/mol. The summed E-state index contributed by atoms with van der Waals surface area (Å²) in [4.78, 5) is 39.7. The molecule has 0 saturated carbocycles. The van der Waals surface area contributed by atoms with Gasteiger partial charge in [-0.25, -0.2) is 9.59 Å². The molecule has 0 radical (unpaired) electrons. The van der Waals surface area contributed by atoms with Crippen LogP contribution in [0, 0.1) is 11.3 Å². The Bertz CT molecular complexity index is 1080. The molecule has 3 unspecified atom stereocenters. The first-order valence-electron chi connectivity index (χ1n) is 12.2. The van der Waals surface area contributed by atoms with Gasteiger partial charge in [-0.2, -0.15) is 0 Å². The number of fused-ring (bicyclic) bond motifs is 3. The van der Waals surface area contributed by atoms with E-state index in [0.29, 0.717) is 13.0 Å². The fraction of sp³-hybridized carbons (Fsp3) is 0.464. The fourth-order valence-corrected chi connectivity index (χ4v) is 5.23. The highest BCUT2D eigenvalue weighted by Gasteiger charge is 2.42. The molecule has 1 aliphatic carbocycles. The van der Waals surface area contributed by atoms with Crippen molar-refractivity contribution in [3.05, 3.63) is 59.7 Å². The number of hydrogen-bond acceptors (Lipinski definition) is 4. The van der Waals surface area contributed by atoms with Crippen molar-refractivity contribution >= 4 is 18.0 Å². The van der Waals surface area contributed by atoms with Crippen LogP contribution in [-0.2, 0) is 14.3 Å². The maximum absolute atomic E-state index is 13.5. The lowest BCUT2D eigenvalue weighted by Crippen LogP contribution is -2.60. The fourth-order valence-electron chi connectivity index (χ4n) is 5.23. The summed E-state index contributed by atoms with van der Waals surface area (Å²) in [5.41, 5.74) is 3.86. The van der Waals surface area contributed by atoms with Crippen LogP contribution in [0.1, 0.15) is 57.6 Å². The molecule has 1 aliphatic heterocycles. The molecule has 2 N–H and O–H groups in total. The first kappa shape index (κ1) is 24.8. The van der Waals surface area contributed by atoms with Crippen LogP contribution in [0.5, 0.6) is 0 Å². The lowest BCUT2D eigenvalue weighted by atomic mass is 9.84. The Kier molecular flexibility index (Phi) is 6.88. The highest BCUT2D eigenvalue weighted by molar-refractivity contribution is 5.90. The van der Waals surface area contributed by atoms with Crippen LogP contribution in [0.4, 0.5) is 4.79 Å². The number of ether oxygens (including phenoxy) is 1. The quantitative estimate of drug-likeness (QED) is 0.652. The molecule has 0 spiro atoms. The van der Waals surface area contributed by atoms with E-state index in [1.807, 2.05) is 64.1 Å². The molecular weight excluding hydrogens is 444 g/mol. The van der Waals surface area contributed by atoms with E-state index >= 15 is 0 Å². The number of piperidine rings is 1. The molecule has 1 saturated heterocycles. The number of alkyl carbamates (subject to hydrolysis) is 1. The van der Waals surface area contributed by atoms with E-state index in [2.05, 4.69) is 17.4 Å². The number of carboxylic acid groups (broad SMARTS) is 1. The van der Waals surface area contributed by atoms with E-state index in [1.54, 1.807) is 0 Å². The van der Waals surface area contributed by atoms with Gasteiger partial charge in [0, 0.05) is 12.5 Å². The number of hydrogen-bond donors (Lipinski definition) is 2. The molecule has 35 heavy (non-hydrogen) atoms. The van der Waals surface area contributed by atoms with Crippen LogP contribution in [0.15, 0.2) is 48.5 Å². The first-order chi connectivity index (χ1) is 16.6. The number of carbonyl (C=O) groups excluding carboxylic acids is 2. The van der Waals surface area contributed by atoms with Crippen molar-refractivity contribution in [2.75, 3.05) is 13.2 Å².